The van der Waals surface area contributed by atoms with Gasteiger partial charge >= 0.3 is 0 Å². The number of rotatable bonds is 3. The van der Waals surface area contributed by atoms with Crippen LogP contribution in [0.2, 0.25) is 0 Å². The third-order valence-corrected chi connectivity index (χ3v) is 3.27. The highest BCUT2D eigenvalue weighted by atomic mass is 16.2. The lowest BCUT2D eigenvalue weighted by Gasteiger charge is -2.25. The Bertz CT molecular complexity index is 328. The Morgan fingerprint density at radius 3 is 2.88 bits per heavy atom. The molecular formula is C12H19N3O. The standard InChI is InChI=1S/C12H19N3O/c1-15(9-11-13-7-8-14-11)12(16)10-5-3-2-4-6-10/h7-8,10H,2-6,9H2,1H3,(H,13,14). The lowest BCUT2D eigenvalue weighted by Crippen LogP contribution is -2.33. The van der Waals surface area contributed by atoms with Crippen molar-refractivity contribution in [2.24, 2.45) is 5.92 Å². The maximum absolute atomic E-state index is 12.1. The van der Waals surface area contributed by atoms with E-state index in [4.69, 9.17) is 0 Å². The molecule has 0 aliphatic heterocycles. The van der Waals surface area contributed by atoms with Gasteiger partial charge in [0.25, 0.3) is 0 Å². The number of hydrogen-bond donors (Lipinski definition) is 1. The molecule has 1 aromatic rings. The van der Waals surface area contributed by atoms with Crippen LogP contribution in [0, 0.1) is 5.92 Å². The zero-order chi connectivity index (χ0) is 11.4. The van der Waals surface area contributed by atoms with Gasteiger partial charge in [0.2, 0.25) is 5.91 Å². The second-order valence-electron chi connectivity index (χ2n) is 4.57. The summed E-state index contributed by atoms with van der Waals surface area (Å²) in [5.74, 6) is 1.37. The van der Waals surface area contributed by atoms with E-state index < -0.39 is 0 Å². The molecule has 1 aromatic heterocycles. The average Bonchev–Trinajstić information content (AvgIpc) is 2.82. The van der Waals surface area contributed by atoms with Crippen molar-refractivity contribution in [3.63, 3.8) is 0 Å². The van der Waals surface area contributed by atoms with E-state index in [2.05, 4.69) is 9.97 Å². The van der Waals surface area contributed by atoms with Gasteiger partial charge in [0.1, 0.15) is 5.82 Å². The highest BCUT2D eigenvalue weighted by Gasteiger charge is 2.24. The van der Waals surface area contributed by atoms with Crippen molar-refractivity contribution in [3.8, 4) is 0 Å². The Labute approximate surface area is 96.1 Å². The molecule has 1 aliphatic rings. The number of nitrogens with one attached hydrogen (secondary N) is 1. The summed E-state index contributed by atoms with van der Waals surface area (Å²) in [5, 5.41) is 0. The monoisotopic (exact) mass is 221 g/mol. The maximum Gasteiger partial charge on any atom is 0.225 e. The van der Waals surface area contributed by atoms with E-state index in [0.29, 0.717) is 6.54 Å². The third-order valence-electron chi connectivity index (χ3n) is 3.27. The molecule has 1 amide bonds. The minimum Gasteiger partial charge on any atom is -0.347 e. The summed E-state index contributed by atoms with van der Waals surface area (Å²) in [6.07, 6.45) is 9.30. The largest absolute Gasteiger partial charge is 0.347 e. The fraction of sp³-hybridized carbons (Fsp3) is 0.667. The first-order valence-electron chi connectivity index (χ1n) is 6.00. The molecule has 1 fully saturated rings. The summed E-state index contributed by atoms with van der Waals surface area (Å²) in [6, 6.07) is 0. The van der Waals surface area contributed by atoms with Crippen molar-refractivity contribution in [2.45, 2.75) is 38.6 Å². The highest BCUT2D eigenvalue weighted by Crippen LogP contribution is 2.25. The number of aromatic nitrogens is 2. The van der Waals surface area contributed by atoms with Gasteiger partial charge < -0.3 is 9.88 Å². The Kier molecular flexibility index (Phi) is 3.59. The molecule has 0 aromatic carbocycles. The van der Waals surface area contributed by atoms with Crippen molar-refractivity contribution < 1.29 is 4.79 Å². The van der Waals surface area contributed by atoms with Crippen molar-refractivity contribution in [3.05, 3.63) is 18.2 Å². The second-order valence-corrected chi connectivity index (χ2v) is 4.57. The lowest BCUT2D eigenvalue weighted by molar-refractivity contribution is -0.135. The van der Waals surface area contributed by atoms with Crippen molar-refractivity contribution >= 4 is 5.91 Å². The normalized spacial score (nSPS) is 17.3. The van der Waals surface area contributed by atoms with Crippen LogP contribution in [0.1, 0.15) is 37.9 Å². The molecule has 4 heteroatoms. The predicted octanol–water partition coefficient (Wildman–Crippen LogP) is 1.95. The first-order valence-corrected chi connectivity index (χ1v) is 6.00. The van der Waals surface area contributed by atoms with Crippen LogP contribution in [0.5, 0.6) is 0 Å². The number of H-pyrrole nitrogens is 1. The number of nitrogens with zero attached hydrogens (tertiary/aromatic N) is 2. The summed E-state index contributed by atoms with van der Waals surface area (Å²) in [4.78, 5) is 21.1. The third kappa shape index (κ3) is 2.62. The summed E-state index contributed by atoms with van der Waals surface area (Å²) < 4.78 is 0. The maximum atomic E-state index is 12.1. The molecule has 0 spiro atoms. The van der Waals surface area contributed by atoms with E-state index in [-0.39, 0.29) is 11.8 Å². The van der Waals surface area contributed by atoms with Crippen LogP contribution in [0.25, 0.3) is 0 Å². The van der Waals surface area contributed by atoms with E-state index in [1.54, 1.807) is 17.3 Å². The van der Waals surface area contributed by atoms with Gasteiger partial charge in [-0.15, -0.1) is 0 Å². The van der Waals surface area contributed by atoms with Crippen molar-refractivity contribution in [1.82, 2.24) is 14.9 Å². The molecule has 0 bridgehead atoms. The Morgan fingerprint density at radius 2 is 2.25 bits per heavy atom. The van der Waals surface area contributed by atoms with Crippen molar-refractivity contribution in [1.29, 1.82) is 0 Å². The van der Waals surface area contributed by atoms with Gasteiger partial charge in [-0.25, -0.2) is 4.98 Å². The zero-order valence-corrected chi connectivity index (χ0v) is 9.78. The first kappa shape index (κ1) is 11.2. The molecule has 0 unspecified atom stereocenters. The average molecular weight is 221 g/mol. The Balaban J connectivity index is 1.88. The quantitative estimate of drug-likeness (QED) is 0.848. The van der Waals surface area contributed by atoms with Gasteiger partial charge in [0.15, 0.2) is 0 Å². The molecule has 1 saturated carbocycles. The first-order chi connectivity index (χ1) is 7.77. The van der Waals surface area contributed by atoms with Crippen molar-refractivity contribution in [2.75, 3.05) is 7.05 Å². The minimum atomic E-state index is 0.244. The number of carbonyl (C=O) groups is 1. The van der Waals surface area contributed by atoms with Gasteiger partial charge in [-0.2, -0.15) is 0 Å². The molecule has 1 aliphatic carbocycles. The van der Waals surface area contributed by atoms with Crippen LogP contribution in [-0.4, -0.2) is 27.8 Å². The number of carbonyl (C=O) groups excluding carboxylic acids is 1. The van der Waals surface area contributed by atoms with Gasteiger partial charge in [-0.05, 0) is 12.8 Å². The van der Waals surface area contributed by atoms with E-state index in [9.17, 15) is 4.79 Å². The van der Waals surface area contributed by atoms with Gasteiger partial charge in [-0.1, -0.05) is 19.3 Å². The minimum absolute atomic E-state index is 0.244. The number of imidazole rings is 1. The van der Waals surface area contributed by atoms with Gasteiger partial charge in [0, 0.05) is 25.4 Å². The lowest BCUT2D eigenvalue weighted by atomic mass is 9.88. The smallest absolute Gasteiger partial charge is 0.225 e. The molecule has 2 rings (SSSR count). The molecule has 16 heavy (non-hydrogen) atoms. The number of amides is 1. The topological polar surface area (TPSA) is 49.0 Å². The van der Waals surface area contributed by atoms with Crippen LogP contribution in [-0.2, 0) is 11.3 Å². The fourth-order valence-electron chi connectivity index (χ4n) is 2.35. The molecule has 0 saturated heterocycles. The van der Waals surface area contributed by atoms with Crippen LogP contribution in [0.15, 0.2) is 12.4 Å². The van der Waals surface area contributed by atoms with E-state index in [0.717, 1.165) is 18.7 Å². The molecule has 88 valence electrons. The molecule has 1 N–H and O–H groups in total. The summed E-state index contributed by atoms with van der Waals surface area (Å²) in [7, 11) is 1.86. The SMILES string of the molecule is CN(Cc1ncc[nH]1)C(=O)C1CCCCC1. The molecule has 1 heterocycles. The molecule has 0 atom stereocenters. The van der Waals surface area contributed by atoms with Crippen LogP contribution in [0.4, 0.5) is 0 Å². The zero-order valence-electron chi connectivity index (χ0n) is 9.78. The second kappa shape index (κ2) is 5.14. The number of aromatic amines is 1. The van der Waals surface area contributed by atoms with E-state index >= 15 is 0 Å². The Morgan fingerprint density at radius 1 is 1.50 bits per heavy atom. The van der Waals surface area contributed by atoms with Crippen LogP contribution < -0.4 is 0 Å². The molecule has 0 radical (unpaired) electrons. The van der Waals surface area contributed by atoms with E-state index in [1.807, 2.05) is 7.05 Å². The molecule has 4 nitrogen and oxygen atoms in total. The van der Waals surface area contributed by atoms with Gasteiger partial charge in [-0.3, -0.25) is 4.79 Å². The number of hydrogen-bond acceptors (Lipinski definition) is 2. The van der Waals surface area contributed by atoms with Crippen LogP contribution in [0.3, 0.4) is 0 Å². The summed E-state index contributed by atoms with van der Waals surface area (Å²) in [6.45, 7) is 0.586. The van der Waals surface area contributed by atoms with Gasteiger partial charge in [0.05, 0.1) is 6.54 Å². The molecular weight excluding hydrogens is 202 g/mol. The summed E-state index contributed by atoms with van der Waals surface area (Å²) in [5.41, 5.74) is 0. The van der Waals surface area contributed by atoms with E-state index in [1.165, 1.54) is 19.3 Å². The van der Waals surface area contributed by atoms with Crippen LogP contribution >= 0.6 is 0 Å². The Hall–Kier alpha value is -1.32. The highest BCUT2D eigenvalue weighted by molar-refractivity contribution is 5.78. The fourth-order valence-corrected chi connectivity index (χ4v) is 2.35. The predicted molar refractivity (Wildman–Crippen MR) is 61.6 cm³/mol. The summed E-state index contributed by atoms with van der Waals surface area (Å²) >= 11 is 0.